The molecule has 0 aliphatic heterocycles. The van der Waals surface area contributed by atoms with Crippen LogP contribution in [0.2, 0.25) is 0 Å². The molecule has 3 aromatic rings. The van der Waals surface area contributed by atoms with E-state index in [0.717, 1.165) is 5.56 Å². The van der Waals surface area contributed by atoms with Crippen LogP contribution in [0.3, 0.4) is 0 Å². The summed E-state index contributed by atoms with van der Waals surface area (Å²) in [6, 6.07) is 10.9. The van der Waals surface area contributed by atoms with Crippen molar-refractivity contribution in [3.63, 3.8) is 0 Å². The summed E-state index contributed by atoms with van der Waals surface area (Å²) in [4.78, 5) is 20.3. The fraction of sp³-hybridized carbons (Fsp3) is 0.300. The summed E-state index contributed by atoms with van der Waals surface area (Å²) in [6.45, 7) is 2.17. The first-order chi connectivity index (χ1) is 13.6. The smallest absolute Gasteiger partial charge is 0.226 e. The van der Waals surface area contributed by atoms with E-state index in [9.17, 15) is 4.79 Å². The summed E-state index contributed by atoms with van der Waals surface area (Å²) in [7, 11) is 1.60. The molecule has 1 N–H and O–H groups in total. The molecule has 1 aromatic carbocycles. The molecule has 28 heavy (non-hydrogen) atoms. The van der Waals surface area contributed by atoms with Crippen molar-refractivity contribution in [2.45, 2.75) is 32.7 Å². The van der Waals surface area contributed by atoms with Crippen molar-refractivity contribution in [1.29, 1.82) is 0 Å². The summed E-state index contributed by atoms with van der Waals surface area (Å²) in [6.07, 6.45) is 3.31. The Bertz CT molecular complexity index is 909. The van der Waals surface area contributed by atoms with E-state index in [1.54, 1.807) is 32.4 Å². The lowest BCUT2D eigenvalue weighted by atomic mass is 10.2. The SMILES string of the molecule is COc1cccc(Oc2ccc(CNC(=O)CCCc3nc(C)no3)cn2)c1. The second-order valence-corrected chi connectivity index (χ2v) is 6.15. The first kappa shape index (κ1) is 19.3. The number of benzene rings is 1. The molecule has 0 spiro atoms. The molecule has 0 unspecified atom stereocenters. The van der Waals surface area contributed by atoms with Gasteiger partial charge in [-0.2, -0.15) is 4.98 Å². The number of methoxy groups -OCH3 is 1. The molecule has 0 bridgehead atoms. The van der Waals surface area contributed by atoms with Crippen LogP contribution < -0.4 is 14.8 Å². The minimum absolute atomic E-state index is 0.0343. The largest absolute Gasteiger partial charge is 0.497 e. The summed E-state index contributed by atoms with van der Waals surface area (Å²) in [5, 5.41) is 6.59. The number of ether oxygens (including phenoxy) is 2. The van der Waals surface area contributed by atoms with Crippen molar-refractivity contribution in [3.05, 3.63) is 59.9 Å². The van der Waals surface area contributed by atoms with Gasteiger partial charge < -0.3 is 19.3 Å². The lowest BCUT2D eigenvalue weighted by Crippen LogP contribution is -2.22. The summed E-state index contributed by atoms with van der Waals surface area (Å²) >= 11 is 0. The molecule has 1 amide bonds. The molecule has 2 heterocycles. The highest BCUT2D eigenvalue weighted by Crippen LogP contribution is 2.23. The lowest BCUT2D eigenvalue weighted by Gasteiger charge is -2.08. The van der Waals surface area contributed by atoms with Crippen molar-refractivity contribution < 1.29 is 18.8 Å². The van der Waals surface area contributed by atoms with Gasteiger partial charge in [0.2, 0.25) is 17.7 Å². The zero-order valence-electron chi connectivity index (χ0n) is 15.8. The molecule has 8 nitrogen and oxygen atoms in total. The maximum atomic E-state index is 11.9. The minimum Gasteiger partial charge on any atom is -0.497 e. The Morgan fingerprint density at radius 2 is 2.07 bits per heavy atom. The van der Waals surface area contributed by atoms with Gasteiger partial charge >= 0.3 is 0 Å². The monoisotopic (exact) mass is 382 g/mol. The third kappa shape index (κ3) is 5.80. The van der Waals surface area contributed by atoms with Crippen LogP contribution in [0.5, 0.6) is 17.4 Å². The number of nitrogens with zero attached hydrogens (tertiary/aromatic N) is 3. The van der Waals surface area contributed by atoms with E-state index in [2.05, 4.69) is 20.4 Å². The van der Waals surface area contributed by atoms with Gasteiger partial charge in [0.15, 0.2) is 5.82 Å². The summed E-state index contributed by atoms with van der Waals surface area (Å²) in [5.74, 6) is 2.95. The number of nitrogens with one attached hydrogen (secondary N) is 1. The van der Waals surface area contributed by atoms with Gasteiger partial charge in [-0.15, -0.1) is 0 Å². The van der Waals surface area contributed by atoms with Crippen LogP contribution in [-0.2, 0) is 17.8 Å². The van der Waals surface area contributed by atoms with Crippen LogP contribution in [0.25, 0.3) is 0 Å². The van der Waals surface area contributed by atoms with Crippen LogP contribution in [0.4, 0.5) is 0 Å². The first-order valence-electron chi connectivity index (χ1n) is 8.95. The molecular weight excluding hydrogens is 360 g/mol. The van der Waals surface area contributed by atoms with E-state index in [1.165, 1.54) is 0 Å². The average molecular weight is 382 g/mol. The van der Waals surface area contributed by atoms with Crippen LogP contribution in [-0.4, -0.2) is 28.1 Å². The first-order valence-corrected chi connectivity index (χ1v) is 8.95. The van der Waals surface area contributed by atoms with Gasteiger partial charge in [-0.3, -0.25) is 4.79 Å². The number of hydrogen-bond donors (Lipinski definition) is 1. The van der Waals surface area contributed by atoms with Crippen molar-refractivity contribution in [3.8, 4) is 17.4 Å². The molecule has 0 saturated carbocycles. The lowest BCUT2D eigenvalue weighted by molar-refractivity contribution is -0.121. The third-order valence-electron chi connectivity index (χ3n) is 3.92. The Balaban J connectivity index is 1.41. The second kappa shape index (κ2) is 9.50. The minimum atomic E-state index is -0.0343. The molecule has 2 aromatic heterocycles. The predicted octanol–water partition coefficient (Wildman–Crippen LogP) is 3.21. The Morgan fingerprint density at radius 1 is 1.21 bits per heavy atom. The van der Waals surface area contributed by atoms with E-state index >= 15 is 0 Å². The Morgan fingerprint density at radius 3 is 2.79 bits per heavy atom. The number of aryl methyl sites for hydroxylation is 2. The van der Waals surface area contributed by atoms with E-state index in [4.69, 9.17) is 14.0 Å². The van der Waals surface area contributed by atoms with Crippen molar-refractivity contribution in [2.24, 2.45) is 0 Å². The van der Waals surface area contributed by atoms with Crippen LogP contribution in [0, 0.1) is 6.92 Å². The number of carbonyl (C=O) groups excluding carboxylic acids is 1. The van der Waals surface area contributed by atoms with Crippen LogP contribution in [0.1, 0.15) is 30.1 Å². The zero-order valence-corrected chi connectivity index (χ0v) is 15.8. The standard InChI is InChI=1S/C20H22N4O4/c1-14-23-20(28-24-14)8-4-7-18(25)21-12-15-9-10-19(22-13-15)27-17-6-3-5-16(11-17)26-2/h3,5-6,9-11,13H,4,7-8,12H2,1-2H3,(H,21,25). The number of amides is 1. The number of aromatic nitrogens is 3. The van der Waals surface area contributed by atoms with Crippen molar-refractivity contribution in [1.82, 2.24) is 20.4 Å². The maximum absolute atomic E-state index is 11.9. The van der Waals surface area contributed by atoms with Gasteiger partial charge in [0.05, 0.1) is 7.11 Å². The maximum Gasteiger partial charge on any atom is 0.226 e. The number of pyridine rings is 1. The van der Waals surface area contributed by atoms with Crippen molar-refractivity contribution in [2.75, 3.05) is 7.11 Å². The molecule has 8 heteroatoms. The molecule has 0 atom stereocenters. The quantitative estimate of drug-likeness (QED) is 0.606. The van der Waals surface area contributed by atoms with Gasteiger partial charge in [-0.25, -0.2) is 4.98 Å². The summed E-state index contributed by atoms with van der Waals surface area (Å²) < 4.78 is 15.9. The molecule has 0 radical (unpaired) electrons. The van der Waals surface area contributed by atoms with Gasteiger partial charge in [0.25, 0.3) is 0 Å². The normalized spacial score (nSPS) is 10.5. The van der Waals surface area contributed by atoms with Gasteiger partial charge in [0.1, 0.15) is 11.5 Å². The van der Waals surface area contributed by atoms with E-state index < -0.39 is 0 Å². The van der Waals surface area contributed by atoms with Crippen LogP contribution in [0.15, 0.2) is 47.1 Å². The van der Waals surface area contributed by atoms with E-state index in [1.807, 2.05) is 24.3 Å². The molecule has 0 aliphatic rings. The molecule has 3 rings (SSSR count). The van der Waals surface area contributed by atoms with E-state index in [0.29, 0.717) is 54.9 Å². The highest BCUT2D eigenvalue weighted by molar-refractivity contribution is 5.75. The number of carbonyl (C=O) groups is 1. The van der Waals surface area contributed by atoms with Gasteiger partial charge in [-0.1, -0.05) is 17.3 Å². The highest BCUT2D eigenvalue weighted by atomic mass is 16.5. The van der Waals surface area contributed by atoms with E-state index in [-0.39, 0.29) is 5.91 Å². The summed E-state index contributed by atoms with van der Waals surface area (Å²) in [5.41, 5.74) is 0.888. The van der Waals surface area contributed by atoms with Crippen molar-refractivity contribution >= 4 is 5.91 Å². The highest BCUT2D eigenvalue weighted by Gasteiger charge is 2.06. The zero-order chi connectivity index (χ0) is 19.8. The number of rotatable bonds is 9. The molecule has 0 saturated heterocycles. The van der Waals surface area contributed by atoms with Gasteiger partial charge in [0, 0.05) is 37.7 Å². The topological polar surface area (TPSA) is 99.4 Å². The predicted molar refractivity (Wildman–Crippen MR) is 101 cm³/mol. The third-order valence-corrected chi connectivity index (χ3v) is 3.92. The molecular formula is C20H22N4O4. The second-order valence-electron chi connectivity index (χ2n) is 6.15. The fourth-order valence-electron chi connectivity index (χ4n) is 2.49. The Labute approximate surface area is 162 Å². The van der Waals surface area contributed by atoms with Gasteiger partial charge in [-0.05, 0) is 31.0 Å². The average Bonchev–Trinajstić information content (AvgIpc) is 3.12. The molecule has 0 aliphatic carbocycles. The van der Waals surface area contributed by atoms with Crippen LogP contribution >= 0.6 is 0 Å². The Hall–Kier alpha value is -3.42. The molecule has 0 fully saturated rings. The molecule has 146 valence electrons. The Kier molecular flexibility index (Phi) is 6.56. The fourth-order valence-corrected chi connectivity index (χ4v) is 2.49. The number of hydrogen-bond acceptors (Lipinski definition) is 7.